The minimum absolute atomic E-state index is 0.0554. The van der Waals surface area contributed by atoms with Crippen LogP contribution >= 0.6 is 11.8 Å². The number of anilines is 1. The minimum Gasteiger partial charge on any atom is -0.368 e. The number of carbonyl (C=O) groups excluding carboxylic acids is 1. The molecule has 0 bridgehead atoms. The lowest BCUT2D eigenvalue weighted by Gasteiger charge is -2.37. The molecule has 0 radical (unpaired) electrons. The number of fused-ring (bicyclic) bond motifs is 1. The topological polar surface area (TPSA) is 36.4 Å². The van der Waals surface area contributed by atoms with E-state index in [1.165, 1.54) is 16.1 Å². The molecule has 1 saturated heterocycles. The number of hydrogen-bond donors (Lipinski definition) is 0. The molecule has 23 heavy (non-hydrogen) atoms. The van der Waals surface area contributed by atoms with Crippen molar-refractivity contribution >= 4 is 23.4 Å². The van der Waals surface area contributed by atoms with Crippen LogP contribution in [0.2, 0.25) is 0 Å². The lowest BCUT2D eigenvalue weighted by atomic mass is 10.1. The van der Waals surface area contributed by atoms with Crippen LogP contribution in [0.5, 0.6) is 0 Å². The van der Waals surface area contributed by atoms with Gasteiger partial charge in [-0.3, -0.25) is 9.78 Å². The van der Waals surface area contributed by atoms with Crippen LogP contribution < -0.4 is 4.90 Å². The van der Waals surface area contributed by atoms with Gasteiger partial charge >= 0.3 is 0 Å². The van der Waals surface area contributed by atoms with E-state index in [0.29, 0.717) is 5.91 Å². The van der Waals surface area contributed by atoms with Crippen LogP contribution in [0.15, 0.2) is 53.7 Å². The predicted molar refractivity (Wildman–Crippen MR) is 92.8 cm³/mol. The SMILES string of the molecule is O=C([C@@H]1Cc2ccccc2S1)N1CCN(c2ccncc2)CC1. The summed E-state index contributed by atoms with van der Waals surface area (Å²) in [6, 6.07) is 12.4. The average Bonchev–Trinajstić information content (AvgIpc) is 3.06. The number of pyridine rings is 1. The summed E-state index contributed by atoms with van der Waals surface area (Å²) in [5.41, 5.74) is 2.50. The molecule has 0 saturated carbocycles. The van der Waals surface area contributed by atoms with Gasteiger partial charge < -0.3 is 9.80 Å². The highest BCUT2D eigenvalue weighted by Gasteiger charge is 2.32. The van der Waals surface area contributed by atoms with E-state index in [-0.39, 0.29) is 5.25 Å². The molecule has 118 valence electrons. The molecular formula is C18H19N3OS. The second-order valence-corrected chi connectivity index (χ2v) is 7.18. The zero-order valence-corrected chi connectivity index (χ0v) is 13.7. The van der Waals surface area contributed by atoms with Crippen molar-refractivity contribution in [2.75, 3.05) is 31.1 Å². The number of benzene rings is 1. The Morgan fingerprint density at radius 2 is 1.78 bits per heavy atom. The zero-order valence-electron chi connectivity index (χ0n) is 12.9. The minimum atomic E-state index is 0.0554. The first-order chi connectivity index (χ1) is 11.3. The van der Waals surface area contributed by atoms with E-state index in [9.17, 15) is 4.79 Å². The summed E-state index contributed by atoms with van der Waals surface area (Å²) < 4.78 is 0. The molecule has 0 unspecified atom stereocenters. The van der Waals surface area contributed by atoms with Crippen molar-refractivity contribution in [3.63, 3.8) is 0 Å². The highest BCUT2D eigenvalue weighted by molar-refractivity contribution is 8.01. The van der Waals surface area contributed by atoms with Crippen molar-refractivity contribution in [2.24, 2.45) is 0 Å². The lowest BCUT2D eigenvalue weighted by Crippen LogP contribution is -2.51. The van der Waals surface area contributed by atoms with E-state index in [4.69, 9.17) is 0 Å². The summed E-state index contributed by atoms with van der Waals surface area (Å²) in [7, 11) is 0. The van der Waals surface area contributed by atoms with Crippen LogP contribution in [0.3, 0.4) is 0 Å². The number of amides is 1. The van der Waals surface area contributed by atoms with Crippen LogP contribution in [0.1, 0.15) is 5.56 Å². The van der Waals surface area contributed by atoms with Gasteiger partial charge in [-0.15, -0.1) is 11.8 Å². The fourth-order valence-electron chi connectivity index (χ4n) is 3.26. The average molecular weight is 325 g/mol. The normalized spacial score (nSPS) is 20.4. The first-order valence-corrected chi connectivity index (χ1v) is 8.87. The molecule has 5 heteroatoms. The van der Waals surface area contributed by atoms with Crippen molar-refractivity contribution in [1.82, 2.24) is 9.88 Å². The van der Waals surface area contributed by atoms with Gasteiger partial charge in [0.15, 0.2) is 0 Å². The van der Waals surface area contributed by atoms with Crippen molar-refractivity contribution in [3.8, 4) is 0 Å². The number of hydrogen-bond acceptors (Lipinski definition) is 4. The van der Waals surface area contributed by atoms with Crippen molar-refractivity contribution in [2.45, 2.75) is 16.6 Å². The van der Waals surface area contributed by atoms with Crippen molar-refractivity contribution in [1.29, 1.82) is 0 Å². The number of rotatable bonds is 2. The van der Waals surface area contributed by atoms with Crippen molar-refractivity contribution in [3.05, 3.63) is 54.4 Å². The van der Waals surface area contributed by atoms with Crippen LogP contribution in [0.25, 0.3) is 0 Å². The van der Waals surface area contributed by atoms with Crippen LogP contribution in [0.4, 0.5) is 5.69 Å². The molecule has 1 aromatic heterocycles. The third-order valence-corrected chi connectivity index (χ3v) is 5.85. The molecule has 1 atom stereocenters. The molecule has 1 amide bonds. The molecule has 3 heterocycles. The van der Waals surface area contributed by atoms with Gasteiger partial charge in [0.2, 0.25) is 5.91 Å². The third-order valence-electron chi connectivity index (χ3n) is 4.54. The summed E-state index contributed by atoms with van der Waals surface area (Å²) in [5, 5.41) is 0.0554. The van der Waals surface area contributed by atoms with E-state index in [1.54, 1.807) is 11.8 Å². The molecular weight excluding hydrogens is 306 g/mol. The van der Waals surface area contributed by atoms with Gasteiger partial charge in [0, 0.05) is 49.2 Å². The quantitative estimate of drug-likeness (QED) is 0.850. The second-order valence-electron chi connectivity index (χ2n) is 5.94. The summed E-state index contributed by atoms with van der Waals surface area (Å²) in [4.78, 5) is 22.5. The van der Waals surface area contributed by atoms with E-state index in [1.807, 2.05) is 35.5 Å². The Morgan fingerprint density at radius 3 is 2.52 bits per heavy atom. The summed E-state index contributed by atoms with van der Waals surface area (Å²) in [6.45, 7) is 3.38. The molecule has 2 aromatic rings. The number of aromatic nitrogens is 1. The Labute approximate surface area is 140 Å². The fourth-order valence-corrected chi connectivity index (χ4v) is 4.54. The van der Waals surface area contributed by atoms with Crippen LogP contribution in [-0.4, -0.2) is 47.2 Å². The van der Waals surface area contributed by atoms with Gasteiger partial charge in [0.25, 0.3) is 0 Å². The molecule has 4 rings (SSSR count). The molecule has 1 fully saturated rings. The number of thioether (sulfide) groups is 1. The standard InChI is InChI=1S/C18H19N3OS/c22-18(17-13-14-3-1-2-4-16(14)23-17)21-11-9-20(10-12-21)15-5-7-19-8-6-15/h1-8,17H,9-13H2/t17-/m0/s1. The smallest absolute Gasteiger partial charge is 0.236 e. The molecule has 2 aliphatic rings. The maximum absolute atomic E-state index is 12.8. The highest BCUT2D eigenvalue weighted by atomic mass is 32.2. The Morgan fingerprint density at radius 1 is 1.04 bits per heavy atom. The molecule has 0 aliphatic carbocycles. The van der Waals surface area contributed by atoms with E-state index in [2.05, 4.69) is 28.1 Å². The van der Waals surface area contributed by atoms with E-state index >= 15 is 0 Å². The van der Waals surface area contributed by atoms with Gasteiger partial charge in [-0.25, -0.2) is 0 Å². The highest BCUT2D eigenvalue weighted by Crippen LogP contribution is 2.37. The molecule has 0 spiro atoms. The molecule has 1 aromatic carbocycles. The number of piperazine rings is 1. The van der Waals surface area contributed by atoms with Gasteiger partial charge in [-0.05, 0) is 30.2 Å². The van der Waals surface area contributed by atoms with Crippen molar-refractivity contribution < 1.29 is 4.79 Å². The largest absolute Gasteiger partial charge is 0.368 e. The third kappa shape index (κ3) is 2.93. The Balaban J connectivity index is 1.37. The van der Waals surface area contributed by atoms with Gasteiger partial charge in [-0.1, -0.05) is 18.2 Å². The van der Waals surface area contributed by atoms with Gasteiger partial charge in [0.1, 0.15) is 0 Å². The van der Waals surface area contributed by atoms with E-state index in [0.717, 1.165) is 32.6 Å². The summed E-state index contributed by atoms with van der Waals surface area (Å²) in [6.07, 6.45) is 4.50. The second kappa shape index (κ2) is 6.24. The monoisotopic (exact) mass is 325 g/mol. The van der Waals surface area contributed by atoms with Crippen LogP contribution in [-0.2, 0) is 11.2 Å². The first-order valence-electron chi connectivity index (χ1n) is 7.99. The fraction of sp³-hybridized carbons (Fsp3) is 0.333. The lowest BCUT2D eigenvalue weighted by molar-refractivity contribution is -0.130. The summed E-state index contributed by atoms with van der Waals surface area (Å²) >= 11 is 1.72. The molecule has 0 N–H and O–H groups in total. The predicted octanol–water partition coefficient (Wildman–Crippen LogP) is 2.45. The Bertz CT molecular complexity index is 673. The molecule has 2 aliphatic heterocycles. The number of nitrogens with zero attached hydrogens (tertiary/aromatic N) is 3. The van der Waals surface area contributed by atoms with Crippen LogP contribution in [0, 0.1) is 0 Å². The number of carbonyl (C=O) groups is 1. The van der Waals surface area contributed by atoms with Gasteiger partial charge in [0.05, 0.1) is 5.25 Å². The van der Waals surface area contributed by atoms with E-state index < -0.39 is 0 Å². The first kappa shape index (κ1) is 14.6. The molecule has 4 nitrogen and oxygen atoms in total. The zero-order chi connectivity index (χ0) is 15.6. The Kier molecular flexibility index (Phi) is 3.95. The Hall–Kier alpha value is -2.01. The summed E-state index contributed by atoms with van der Waals surface area (Å²) in [5.74, 6) is 0.292. The maximum Gasteiger partial charge on any atom is 0.236 e. The van der Waals surface area contributed by atoms with Gasteiger partial charge in [-0.2, -0.15) is 0 Å². The maximum atomic E-state index is 12.8.